The van der Waals surface area contributed by atoms with E-state index in [-0.39, 0.29) is 17.1 Å². The van der Waals surface area contributed by atoms with Gasteiger partial charge in [-0.25, -0.2) is 4.39 Å². The number of aryl methyl sites for hydroxylation is 1. The summed E-state index contributed by atoms with van der Waals surface area (Å²) in [5, 5.41) is 0.776. The molecule has 0 radical (unpaired) electrons. The van der Waals surface area contributed by atoms with Gasteiger partial charge in [-0.15, -0.1) is 0 Å². The van der Waals surface area contributed by atoms with Gasteiger partial charge in [0, 0.05) is 39.8 Å². The number of imide groups is 1. The first-order chi connectivity index (χ1) is 14.0. The van der Waals surface area contributed by atoms with Crippen molar-refractivity contribution in [2.45, 2.75) is 26.4 Å². The summed E-state index contributed by atoms with van der Waals surface area (Å²) in [4.78, 5) is 26.7. The third kappa shape index (κ3) is 3.70. The van der Waals surface area contributed by atoms with Crippen molar-refractivity contribution in [1.29, 1.82) is 0 Å². The van der Waals surface area contributed by atoms with Crippen molar-refractivity contribution in [3.05, 3.63) is 75.5 Å². The molecule has 1 saturated heterocycles. The average Bonchev–Trinajstić information content (AvgIpc) is 3.17. The van der Waals surface area contributed by atoms with E-state index in [9.17, 15) is 14.0 Å². The molecule has 3 aromatic rings. The van der Waals surface area contributed by atoms with Crippen LogP contribution in [-0.2, 0) is 17.9 Å². The van der Waals surface area contributed by atoms with E-state index in [2.05, 4.69) is 11.5 Å². The number of thioether (sulfide) groups is 1. The molecule has 4 rings (SSSR count). The highest BCUT2D eigenvalue weighted by Crippen LogP contribution is 2.36. The van der Waals surface area contributed by atoms with Crippen LogP contribution in [0.5, 0.6) is 0 Å². The van der Waals surface area contributed by atoms with Crippen molar-refractivity contribution in [2.24, 2.45) is 0 Å². The predicted octanol–water partition coefficient (Wildman–Crippen LogP) is 6.08. The van der Waals surface area contributed by atoms with Gasteiger partial charge in [-0.05, 0) is 42.5 Å². The van der Waals surface area contributed by atoms with Crippen LogP contribution < -0.4 is 0 Å². The number of para-hydroxylation sites is 1. The zero-order chi connectivity index (χ0) is 20.5. The highest BCUT2D eigenvalue weighted by molar-refractivity contribution is 8.18. The lowest BCUT2D eigenvalue weighted by Gasteiger charge is -2.14. The number of benzene rings is 2. The van der Waals surface area contributed by atoms with E-state index in [0.29, 0.717) is 4.91 Å². The molecular weight excluding hydrogens is 411 g/mol. The van der Waals surface area contributed by atoms with E-state index in [1.54, 1.807) is 6.08 Å². The molecule has 0 bridgehead atoms. The molecule has 1 fully saturated rings. The van der Waals surface area contributed by atoms with Gasteiger partial charge in [-0.2, -0.15) is 0 Å². The number of amides is 2. The Hall–Kier alpha value is -2.57. The van der Waals surface area contributed by atoms with Gasteiger partial charge >= 0.3 is 0 Å². The van der Waals surface area contributed by atoms with E-state index >= 15 is 0 Å². The van der Waals surface area contributed by atoms with Crippen LogP contribution >= 0.6 is 23.4 Å². The van der Waals surface area contributed by atoms with Gasteiger partial charge in [-0.3, -0.25) is 14.5 Å². The second-order valence-corrected chi connectivity index (χ2v) is 8.16. The molecule has 2 aromatic carbocycles. The highest BCUT2D eigenvalue weighted by atomic mass is 35.5. The molecule has 7 heteroatoms. The normalized spacial score (nSPS) is 15.8. The van der Waals surface area contributed by atoms with Gasteiger partial charge in [0.2, 0.25) is 0 Å². The maximum absolute atomic E-state index is 14.1. The van der Waals surface area contributed by atoms with Gasteiger partial charge in [0.1, 0.15) is 5.82 Å². The molecule has 2 amide bonds. The van der Waals surface area contributed by atoms with Crippen LogP contribution in [0.3, 0.4) is 0 Å². The summed E-state index contributed by atoms with van der Waals surface area (Å²) < 4.78 is 16.2. The molecule has 1 aliphatic heterocycles. The quantitative estimate of drug-likeness (QED) is 0.462. The SMILES string of the molecule is CCCn1cc(/C=C2\SC(=O)N(Cc3c(F)cccc3Cl)C2=O)c2ccccc21. The van der Waals surface area contributed by atoms with E-state index in [4.69, 9.17) is 11.6 Å². The first-order valence-electron chi connectivity index (χ1n) is 9.25. The lowest BCUT2D eigenvalue weighted by atomic mass is 10.1. The molecular formula is C22H18ClFN2O2S. The summed E-state index contributed by atoms with van der Waals surface area (Å²) in [6.07, 6.45) is 4.72. The number of fused-ring (bicyclic) bond motifs is 1. The van der Waals surface area contributed by atoms with Crippen LogP contribution in [0.4, 0.5) is 9.18 Å². The molecule has 2 heterocycles. The number of hydrogen-bond donors (Lipinski definition) is 0. The molecule has 0 spiro atoms. The largest absolute Gasteiger partial charge is 0.347 e. The second kappa shape index (κ2) is 8.05. The molecule has 0 aliphatic carbocycles. The monoisotopic (exact) mass is 428 g/mol. The number of carbonyl (C=O) groups is 2. The van der Waals surface area contributed by atoms with Crippen LogP contribution in [0.15, 0.2) is 53.6 Å². The van der Waals surface area contributed by atoms with Crippen molar-refractivity contribution in [2.75, 3.05) is 0 Å². The molecule has 0 unspecified atom stereocenters. The Morgan fingerprint density at radius 2 is 1.93 bits per heavy atom. The van der Waals surface area contributed by atoms with Crippen molar-refractivity contribution in [3.8, 4) is 0 Å². The van der Waals surface area contributed by atoms with Gasteiger partial charge in [-0.1, -0.05) is 42.8 Å². The van der Waals surface area contributed by atoms with Gasteiger partial charge in [0.25, 0.3) is 11.1 Å². The fourth-order valence-electron chi connectivity index (χ4n) is 3.44. The fourth-order valence-corrected chi connectivity index (χ4v) is 4.49. The van der Waals surface area contributed by atoms with Crippen molar-refractivity contribution in [1.82, 2.24) is 9.47 Å². The summed E-state index contributed by atoms with van der Waals surface area (Å²) in [5.74, 6) is -0.977. The highest BCUT2D eigenvalue weighted by Gasteiger charge is 2.36. The van der Waals surface area contributed by atoms with Crippen LogP contribution in [0.25, 0.3) is 17.0 Å². The molecule has 0 N–H and O–H groups in total. The fraction of sp³-hybridized carbons (Fsp3) is 0.182. The van der Waals surface area contributed by atoms with Crippen molar-refractivity contribution < 1.29 is 14.0 Å². The van der Waals surface area contributed by atoms with E-state index < -0.39 is 17.0 Å². The van der Waals surface area contributed by atoms with Crippen LogP contribution in [0.2, 0.25) is 5.02 Å². The number of rotatable bonds is 5. The lowest BCUT2D eigenvalue weighted by Crippen LogP contribution is -2.28. The molecule has 0 saturated carbocycles. The lowest BCUT2D eigenvalue weighted by molar-refractivity contribution is -0.123. The Balaban J connectivity index is 1.67. The standard InChI is InChI=1S/C22H18ClFN2O2S/c1-2-10-25-12-14(15-6-3-4-9-19(15)25)11-20-21(27)26(22(28)29-20)13-16-17(23)7-5-8-18(16)24/h3-9,11-12H,2,10,13H2,1H3/b20-11-. The van der Waals surface area contributed by atoms with Crippen LogP contribution in [0, 0.1) is 5.82 Å². The summed E-state index contributed by atoms with van der Waals surface area (Å²) >= 11 is 6.92. The second-order valence-electron chi connectivity index (χ2n) is 6.76. The number of aromatic nitrogens is 1. The number of carbonyl (C=O) groups excluding carboxylic acids is 2. The Labute approximate surface area is 176 Å². The van der Waals surface area contributed by atoms with Gasteiger partial charge in [0.15, 0.2) is 0 Å². The first kappa shape index (κ1) is 19.7. The van der Waals surface area contributed by atoms with E-state index in [1.807, 2.05) is 30.5 Å². The minimum absolute atomic E-state index is 0.136. The van der Waals surface area contributed by atoms with Crippen LogP contribution in [0.1, 0.15) is 24.5 Å². The third-order valence-corrected chi connectivity index (χ3v) is 6.08. The zero-order valence-corrected chi connectivity index (χ0v) is 17.3. The molecule has 4 nitrogen and oxygen atoms in total. The topological polar surface area (TPSA) is 42.3 Å². The number of halogens is 2. The van der Waals surface area contributed by atoms with Crippen molar-refractivity contribution in [3.63, 3.8) is 0 Å². The summed E-state index contributed by atoms with van der Waals surface area (Å²) in [7, 11) is 0. The Kier molecular flexibility index (Phi) is 5.48. The van der Waals surface area contributed by atoms with Gasteiger partial charge < -0.3 is 4.57 Å². The van der Waals surface area contributed by atoms with Crippen LogP contribution in [-0.4, -0.2) is 20.6 Å². The molecule has 1 aliphatic rings. The number of hydrogen-bond acceptors (Lipinski definition) is 3. The van der Waals surface area contributed by atoms with E-state index in [0.717, 1.165) is 46.1 Å². The maximum atomic E-state index is 14.1. The summed E-state index contributed by atoms with van der Waals surface area (Å²) in [5.41, 5.74) is 2.10. The predicted molar refractivity (Wildman–Crippen MR) is 115 cm³/mol. The summed E-state index contributed by atoms with van der Waals surface area (Å²) in [6.45, 7) is 2.78. The maximum Gasteiger partial charge on any atom is 0.293 e. The minimum Gasteiger partial charge on any atom is -0.347 e. The Morgan fingerprint density at radius 1 is 1.14 bits per heavy atom. The number of nitrogens with zero attached hydrogens (tertiary/aromatic N) is 2. The Morgan fingerprint density at radius 3 is 2.69 bits per heavy atom. The smallest absolute Gasteiger partial charge is 0.293 e. The Bertz CT molecular complexity index is 1130. The van der Waals surface area contributed by atoms with E-state index in [1.165, 1.54) is 18.2 Å². The van der Waals surface area contributed by atoms with Gasteiger partial charge in [0.05, 0.1) is 11.4 Å². The molecule has 1 aromatic heterocycles. The summed E-state index contributed by atoms with van der Waals surface area (Å²) in [6, 6.07) is 12.2. The molecule has 148 valence electrons. The van der Waals surface area contributed by atoms with Crippen molar-refractivity contribution >= 4 is 51.5 Å². The average molecular weight is 429 g/mol. The third-order valence-electron chi connectivity index (χ3n) is 4.82. The molecule has 29 heavy (non-hydrogen) atoms. The first-order valence-corrected chi connectivity index (χ1v) is 10.4. The minimum atomic E-state index is -0.539. The molecule has 0 atom stereocenters. The zero-order valence-electron chi connectivity index (χ0n) is 15.7.